The second-order valence-corrected chi connectivity index (χ2v) is 6.00. The predicted octanol–water partition coefficient (Wildman–Crippen LogP) is 3.09. The summed E-state index contributed by atoms with van der Waals surface area (Å²) in [4.78, 5) is 12.1. The van der Waals surface area contributed by atoms with E-state index in [9.17, 15) is 9.18 Å². The van der Waals surface area contributed by atoms with Crippen molar-refractivity contribution in [2.24, 2.45) is 11.8 Å². The average Bonchev–Trinajstić information content (AvgIpc) is 2.44. The van der Waals surface area contributed by atoms with Crippen molar-refractivity contribution in [2.75, 3.05) is 13.2 Å². The average molecular weight is 295 g/mol. The van der Waals surface area contributed by atoms with Crippen LogP contribution >= 0.6 is 0 Å². The summed E-state index contributed by atoms with van der Waals surface area (Å²) in [6, 6.07) is 6.35. The summed E-state index contributed by atoms with van der Waals surface area (Å²) < 4.78 is 13.7. The Kier molecular flexibility index (Phi) is 7.37. The zero-order chi connectivity index (χ0) is 15.8. The molecular weight excluding hydrogens is 269 g/mol. The lowest BCUT2D eigenvalue weighted by molar-refractivity contribution is -0.122. The number of nitrogens with one attached hydrogen (secondary N) is 1. The molecule has 2 N–H and O–H groups in total. The topological polar surface area (TPSA) is 49.3 Å². The van der Waals surface area contributed by atoms with E-state index in [1.807, 2.05) is 0 Å². The fourth-order valence-corrected chi connectivity index (χ4v) is 2.52. The first kappa shape index (κ1) is 17.6. The van der Waals surface area contributed by atoms with E-state index >= 15 is 0 Å². The van der Waals surface area contributed by atoms with Gasteiger partial charge in [0.2, 0.25) is 5.91 Å². The third-order valence-electron chi connectivity index (χ3n) is 3.67. The Bertz CT molecular complexity index is 448. The zero-order valence-corrected chi connectivity index (χ0v) is 13.1. The molecule has 3 nitrogen and oxygen atoms in total. The van der Waals surface area contributed by atoms with Crippen LogP contribution in [0.25, 0.3) is 0 Å². The van der Waals surface area contributed by atoms with E-state index in [2.05, 4.69) is 19.2 Å². The third-order valence-corrected chi connectivity index (χ3v) is 3.67. The summed E-state index contributed by atoms with van der Waals surface area (Å²) in [5.74, 6) is -0.268. The summed E-state index contributed by atoms with van der Waals surface area (Å²) in [5, 5.41) is 12.0. The minimum Gasteiger partial charge on any atom is -0.396 e. The van der Waals surface area contributed by atoms with E-state index in [1.54, 1.807) is 25.1 Å². The van der Waals surface area contributed by atoms with Crippen molar-refractivity contribution in [3.8, 4) is 0 Å². The van der Waals surface area contributed by atoms with Crippen LogP contribution in [-0.2, 0) is 4.79 Å². The van der Waals surface area contributed by atoms with Crippen LogP contribution in [0.15, 0.2) is 24.3 Å². The standard InChI is InChI=1S/C17H26FNO2/c1-12(2)10-14(8-9-20)11-19-17(21)13(3)15-6-4-5-7-16(15)18/h4-7,12-14,20H,8-11H2,1-3H3,(H,19,21). The molecule has 1 aromatic carbocycles. The van der Waals surface area contributed by atoms with E-state index in [1.165, 1.54) is 6.07 Å². The number of carbonyl (C=O) groups excluding carboxylic acids is 1. The van der Waals surface area contributed by atoms with Gasteiger partial charge < -0.3 is 10.4 Å². The number of carbonyl (C=O) groups is 1. The van der Waals surface area contributed by atoms with Gasteiger partial charge in [-0.1, -0.05) is 32.0 Å². The number of halogens is 1. The summed E-state index contributed by atoms with van der Waals surface area (Å²) in [6.07, 6.45) is 1.63. The molecule has 0 aliphatic rings. The Morgan fingerprint density at radius 3 is 2.52 bits per heavy atom. The molecule has 21 heavy (non-hydrogen) atoms. The first-order valence-corrected chi connectivity index (χ1v) is 7.58. The van der Waals surface area contributed by atoms with Crippen molar-refractivity contribution in [1.82, 2.24) is 5.32 Å². The van der Waals surface area contributed by atoms with Crippen molar-refractivity contribution in [3.63, 3.8) is 0 Å². The molecule has 1 rings (SSSR count). The normalized spacial score (nSPS) is 14.0. The van der Waals surface area contributed by atoms with Crippen LogP contribution in [0.2, 0.25) is 0 Å². The van der Waals surface area contributed by atoms with E-state index in [4.69, 9.17) is 5.11 Å². The Hall–Kier alpha value is -1.42. The minimum absolute atomic E-state index is 0.121. The maximum atomic E-state index is 13.7. The molecule has 0 aliphatic carbocycles. The smallest absolute Gasteiger partial charge is 0.227 e. The number of aliphatic hydroxyl groups is 1. The highest BCUT2D eigenvalue weighted by molar-refractivity contribution is 5.83. The van der Waals surface area contributed by atoms with Crippen LogP contribution < -0.4 is 5.32 Å². The first-order chi connectivity index (χ1) is 9.95. The molecule has 0 fully saturated rings. The van der Waals surface area contributed by atoms with Crippen molar-refractivity contribution < 1.29 is 14.3 Å². The van der Waals surface area contributed by atoms with Gasteiger partial charge in [-0.25, -0.2) is 4.39 Å². The zero-order valence-electron chi connectivity index (χ0n) is 13.1. The fraction of sp³-hybridized carbons (Fsp3) is 0.588. The number of hydrogen-bond donors (Lipinski definition) is 2. The van der Waals surface area contributed by atoms with Crippen molar-refractivity contribution >= 4 is 5.91 Å². The van der Waals surface area contributed by atoms with Crippen LogP contribution in [0.5, 0.6) is 0 Å². The molecule has 0 saturated heterocycles. The quantitative estimate of drug-likeness (QED) is 0.774. The lowest BCUT2D eigenvalue weighted by Gasteiger charge is -2.20. The van der Waals surface area contributed by atoms with Crippen molar-refractivity contribution in [2.45, 2.75) is 39.5 Å². The number of benzene rings is 1. The number of aliphatic hydroxyl groups excluding tert-OH is 1. The van der Waals surface area contributed by atoms with Gasteiger partial charge in [0.1, 0.15) is 5.82 Å². The van der Waals surface area contributed by atoms with Gasteiger partial charge in [0, 0.05) is 13.2 Å². The van der Waals surface area contributed by atoms with Crippen LogP contribution in [0, 0.1) is 17.7 Å². The highest BCUT2D eigenvalue weighted by Crippen LogP contribution is 2.19. The van der Waals surface area contributed by atoms with Crippen LogP contribution in [0.4, 0.5) is 4.39 Å². The van der Waals surface area contributed by atoms with E-state index in [-0.39, 0.29) is 24.2 Å². The van der Waals surface area contributed by atoms with Gasteiger partial charge >= 0.3 is 0 Å². The van der Waals surface area contributed by atoms with Crippen LogP contribution in [0.1, 0.15) is 45.1 Å². The molecule has 0 bridgehead atoms. The van der Waals surface area contributed by atoms with E-state index in [0.717, 1.165) is 6.42 Å². The number of rotatable bonds is 8. The third kappa shape index (κ3) is 5.84. The van der Waals surface area contributed by atoms with E-state index < -0.39 is 5.92 Å². The highest BCUT2D eigenvalue weighted by Gasteiger charge is 2.19. The predicted molar refractivity (Wildman–Crippen MR) is 82.5 cm³/mol. The molecule has 0 aromatic heterocycles. The van der Waals surface area contributed by atoms with Crippen molar-refractivity contribution in [3.05, 3.63) is 35.6 Å². The van der Waals surface area contributed by atoms with Gasteiger partial charge in [0.05, 0.1) is 5.92 Å². The van der Waals surface area contributed by atoms with Crippen molar-refractivity contribution in [1.29, 1.82) is 0 Å². The Labute approximate surface area is 126 Å². The molecule has 2 atom stereocenters. The molecular formula is C17H26FNO2. The molecule has 0 saturated carbocycles. The Morgan fingerprint density at radius 2 is 1.95 bits per heavy atom. The number of amides is 1. The Balaban J connectivity index is 2.57. The molecule has 118 valence electrons. The Morgan fingerprint density at radius 1 is 1.29 bits per heavy atom. The first-order valence-electron chi connectivity index (χ1n) is 7.58. The second-order valence-electron chi connectivity index (χ2n) is 6.00. The largest absolute Gasteiger partial charge is 0.396 e. The summed E-state index contributed by atoms with van der Waals surface area (Å²) in [7, 11) is 0. The molecule has 4 heteroatoms. The molecule has 0 aliphatic heterocycles. The highest BCUT2D eigenvalue weighted by atomic mass is 19.1. The maximum absolute atomic E-state index is 13.7. The monoisotopic (exact) mass is 295 g/mol. The van der Waals surface area contributed by atoms with Gasteiger partial charge in [-0.15, -0.1) is 0 Å². The van der Waals surface area contributed by atoms with Gasteiger partial charge in [-0.05, 0) is 43.2 Å². The number of hydrogen-bond acceptors (Lipinski definition) is 2. The van der Waals surface area contributed by atoms with Gasteiger partial charge in [-0.2, -0.15) is 0 Å². The minimum atomic E-state index is -0.514. The lowest BCUT2D eigenvalue weighted by Crippen LogP contribution is -2.33. The van der Waals surface area contributed by atoms with Crippen LogP contribution in [-0.4, -0.2) is 24.2 Å². The molecule has 0 radical (unpaired) electrons. The van der Waals surface area contributed by atoms with Gasteiger partial charge in [0.25, 0.3) is 0 Å². The van der Waals surface area contributed by atoms with E-state index in [0.29, 0.717) is 24.4 Å². The molecule has 2 unspecified atom stereocenters. The SMILES string of the molecule is CC(C)CC(CCO)CNC(=O)C(C)c1ccccc1F. The molecule has 1 aromatic rings. The molecule has 1 amide bonds. The summed E-state index contributed by atoms with van der Waals surface area (Å²) in [6.45, 7) is 6.59. The molecule has 0 spiro atoms. The lowest BCUT2D eigenvalue weighted by atomic mass is 9.93. The van der Waals surface area contributed by atoms with Crippen LogP contribution in [0.3, 0.4) is 0 Å². The molecule has 0 heterocycles. The summed E-state index contributed by atoms with van der Waals surface area (Å²) >= 11 is 0. The summed E-state index contributed by atoms with van der Waals surface area (Å²) in [5.41, 5.74) is 0.414. The van der Waals surface area contributed by atoms with Gasteiger partial charge in [0.15, 0.2) is 0 Å². The maximum Gasteiger partial charge on any atom is 0.227 e. The fourth-order valence-electron chi connectivity index (χ4n) is 2.52. The van der Waals surface area contributed by atoms with Gasteiger partial charge in [-0.3, -0.25) is 4.79 Å². The second kappa shape index (κ2) is 8.78.